The molecule has 0 N–H and O–H groups in total. The van der Waals surface area contributed by atoms with Crippen LogP contribution in [0, 0.1) is 5.82 Å². The summed E-state index contributed by atoms with van der Waals surface area (Å²) in [7, 11) is 0. The topological polar surface area (TPSA) is 25.9 Å². The van der Waals surface area contributed by atoms with Crippen molar-refractivity contribution in [2.24, 2.45) is 0 Å². The number of Topliss-reactive ketones (excluding diaryl/α,β-unsaturated/α-hetero) is 1. The molecule has 0 bridgehead atoms. The Kier molecular flexibility index (Phi) is 10.3. The summed E-state index contributed by atoms with van der Waals surface area (Å²) in [4.78, 5) is 12.0. The molecule has 1 heterocycles. The molecule has 0 aliphatic rings. The number of carbonyl (C=O) groups is 1. The smallest absolute Gasteiger partial charge is 0.243 e. The maximum Gasteiger partial charge on any atom is 0.243 e. The average Bonchev–Trinajstić information content (AvgIpc) is 3.03. The Balaban J connectivity index is 0.00000312. The van der Waals surface area contributed by atoms with Gasteiger partial charge in [0.2, 0.25) is 6.33 Å². The summed E-state index contributed by atoms with van der Waals surface area (Å²) in [6, 6.07) is 5.78. The molecular formula is C20H28BrFN2O. The van der Waals surface area contributed by atoms with Gasteiger partial charge in [-0.2, -0.15) is 0 Å². The number of aromatic nitrogens is 2. The van der Waals surface area contributed by atoms with E-state index in [1.165, 1.54) is 44.2 Å². The van der Waals surface area contributed by atoms with Crippen LogP contribution >= 0.6 is 0 Å². The molecule has 0 spiro atoms. The molecule has 2 aromatic rings. The first-order chi connectivity index (χ1) is 11.7. The van der Waals surface area contributed by atoms with Gasteiger partial charge in [0.25, 0.3) is 0 Å². The van der Waals surface area contributed by atoms with Gasteiger partial charge in [0, 0.05) is 12.0 Å². The molecule has 0 atom stereocenters. The van der Waals surface area contributed by atoms with Gasteiger partial charge in [-0.15, -0.1) is 0 Å². The number of nitrogens with zero attached hydrogens (tertiary/aromatic N) is 2. The Morgan fingerprint density at radius 1 is 1.08 bits per heavy atom. The molecule has 2 rings (SSSR count). The van der Waals surface area contributed by atoms with Gasteiger partial charge in [-0.25, -0.2) is 13.5 Å². The molecule has 5 heteroatoms. The van der Waals surface area contributed by atoms with Crippen LogP contribution in [0.5, 0.6) is 0 Å². The number of aryl methyl sites for hydroxylation is 2. The van der Waals surface area contributed by atoms with E-state index < -0.39 is 0 Å². The highest BCUT2D eigenvalue weighted by Gasteiger charge is 2.08. The predicted octanol–water partition coefficient (Wildman–Crippen LogP) is 1.55. The van der Waals surface area contributed by atoms with E-state index in [0.717, 1.165) is 19.5 Å². The summed E-state index contributed by atoms with van der Waals surface area (Å²) in [5, 5.41) is 0. The van der Waals surface area contributed by atoms with Gasteiger partial charge in [-0.1, -0.05) is 26.2 Å². The van der Waals surface area contributed by atoms with Gasteiger partial charge in [-0.05, 0) is 43.5 Å². The van der Waals surface area contributed by atoms with E-state index in [2.05, 4.69) is 34.8 Å². The normalized spacial score (nSPS) is 10.5. The van der Waals surface area contributed by atoms with Crippen molar-refractivity contribution in [3.63, 3.8) is 0 Å². The van der Waals surface area contributed by atoms with Crippen LogP contribution in [0.25, 0.3) is 0 Å². The second kappa shape index (κ2) is 12.0. The van der Waals surface area contributed by atoms with E-state index in [0.29, 0.717) is 12.0 Å². The number of carbonyl (C=O) groups excluding carboxylic acids is 1. The third-order valence-electron chi connectivity index (χ3n) is 4.25. The molecule has 25 heavy (non-hydrogen) atoms. The van der Waals surface area contributed by atoms with Crippen LogP contribution in [0.3, 0.4) is 0 Å². The van der Waals surface area contributed by atoms with E-state index in [1.807, 2.05) is 0 Å². The third-order valence-corrected chi connectivity index (χ3v) is 4.25. The minimum absolute atomic E-state index is 0. The highest BCUT2D eigenvalue weighted by atomic mass is 79.9. The third kappa shape index (κ3) is 7.95. The lowest BCUT2D eigenvalue weighted by atomic mass is 10.1. The number of hydrogen-bond donors (Lipinski definition) is 0. The van der Waals surface area contributed by atoms with Crippen molar-refractivity contribution in [2.45, 2.75) is 65.0 Å². The Labute approximate surface area is 160 Å². The second-order valence-corrected chi connectivity index (χ2v) is 6.34. The molecule has 0 radical (unpaired) electrons. The molecule has 0 aliphatic carbocycles. The van der Waals surface area contributed by atoms with E-state index >= 15 is 0 Å². The van der Waals surface area contributed by atoms with Crippen LogP contribution in [-0.2, 0) is 13.1 Å². The van der Waals surface area contributed by atoms with Crippen molar-refractivity contribution in [1.29, 1.82) is 0 Å². The quantitative estimate of drug-likeness (QED) is 0.313. The van der Waals surface area contributed by atoms with Crippen LogP contribution in [0.4, 0.5) is 4.39 Å². The summed E-state index contributed by atoms with van der Waals surface area (Å²) >= 11 is 0. The lowest BCUT2D eigenvalue weighted by molar-refractivity contribution is -0.696. The van der Waals surface area contributed by atoms with Crippen molar-refractivity contribution >= 4 is 5.78 Å². The minimum atomic E-state index is -0.307. The number of benzene rings is 1. The predicted molar refractivity (Wildman–Crippen MR) is 93.4 cm³/mol. The maximum absolute atomic E-state index is 12.9. The van der Waals surface area contributed by atoms with Gasteiger partial charge >= 0.3 is 0 Å². The molecule has 1 aromatic carbocycles. The number of ketones is 1. The first-order valence-electron chi connectivity index (χ1n) is 9.02. The summed E-state index contributed by atoms with van der Waals surface area (Å²) in [6.07, 6.45) is 14.0. The molecule has 3 nitrogen and oxygen atoms in total. The first kappa shape index (κ1) is 21.6. The molecule has 0 amide bonds. The van der Waals surface area contributed by atoms with Crippen LogP contribution in [-0.4, -0.2) is 10.4 Å². The van der Waals surface area contributed by atoms with E-state index in [1.54, 1.807) is 12.1 Å². The first-order valence-corrected chi connectivity index (χ1v) is 9.02. The van der Waals surface area contributed by atoms with Crippen molar-refractivity contribution in [2.75, 3.05) is 0 Å². The van der Waals surface area contributed by atoms with Gasteiger partial charge in [0.05, 0.1) is 13.1 Å². The summed E-state index contributed by atoms with van der Waals surface area (Å²) in [6.45, 7) is 4.12. The Morgan fingerprint density at radius 2 is 1.80 bits per heavy atom. The van der Waals surface area contributed by atoms with Crippen molar-refractivity contribution in [3.05, 3.63) is 54.4 Å². The lowest BCUT2D eigenvalue weighted by Gasteiger charge is -2.00. The lowest BCUT2D eigenvalue weighted by Crippen LogP contribution is -3.00. The molecule has 0 aliphatic heterocycles. The van der Waals surface area contributed by atoms with Crippen LogP contribution < -0.4 is 21.5 Å². The van der Waals surface area contributed by atoms with Crippen LogP contribution in [0.1, 0.15) is 62.2 Å². The molecule has 0 fully saturated rings. The average molecular weight is 411 g/mol. The van der Waals surface area contributed by atoms with Crippen LogP contribution in [0.15, 0.2) is 43.0 Å². The Morgan fingerprint density at radius 3 is 2.52 bits per heavy atom. The standard InChI is InChI=1S/C20H28FN2O.BrH/c1-2-3-4-5-6-13-22-15-16-23(17-22)14-7-8-20(24)18-9-11-19(21)12-10-18;/h9-12,15-17H,2-8,13-14H2,1H3;1H/q+1;/p-1. The fraction of sp³-hybridized carbons (Fsp3) is 0.500. The highest BCUT2D eigenvalue weighted by molar-refractivity contribution is 5.95. The van der Waals surface area contributed by atoms with Crippen LogP contribution in [0.2, 0.25) is 0 Å². The number of halogens is 2. The number of unbranched alkanes of at least 4 members (excludes halogenated alkanes) is 4. The van der Waals surface area contributed by atoms with Gasteiger partial charge in [-0.3, -0.25) is 4.79 Å². The van der Waals surface area contributed by atoms with Crippen molar-refractivity contribution in [3.8, 4) is 0 Å². The molecule has 1 aromatic heterocycles. The minimum Gasteiger partial charge on any atom is -1.00 e. The monoisotopic (exact) mass is 410 g/mol. The Bertz CT molecular complexity index is 625. The molecular weight excluding hydrogens is 383 g/mol. The molecule has 0 saturated carbocycles. The summed E-state index contributed by atoms with van der Waals surface area (Å²) in [5.74, 6) is -0.232. The second-order valence-electron chi connectivity index (χ2n) is 6.34. The fourth-order valence-corrected chi connectivity index (χ4v) is 2.80. The number of rotatable bonds is 11. The van der Waals surface area contributed by atoms with E-state index in [-0.39, 0.29) is 28.6 Å². The highest BCUT2D eigenvalue weighted by Crippen LogP contribution is 2.07. The Hall–Kier alpha value is -1.49. The summed E-state index contributed by atoms with van der Waals surface area (Å²) < 4.78 is 17.2. The molecule has 0 unspecified atom stereocenters. The zero-order chi connectivity index (χ0) is 17.2. The van der Waals surface area contributed by atoms with E-state index in [9.17, 15) is 9.18 Å². The zero-order valence-electron chi connectivity index (χ0n) is 15.0. The largest absolute Gasteiger partial charge is 1.00 e. The van der Waals surface area contributed by atoms with E-state index in [4.69, 9.17) is 0 Å². The summed E-state index contributed by atoms with van der Waals surface area (Å²) in [5.41, 5.74) is 0.589. The number of imidazole rings is 1. The number of hydrogen-bond acceptors (Lipinski definition) is 1. The van der Waals surface area contributed by atoms with Gasteiger partial charge in [0.1, 0.15) is 18.2 Å². The zero-order valence-corrected chi connectivity index (χ0v) is 16.6. The van der Waals surface area contributed by atoms with Gasteiger partial charge in [0.15, 0.2) is 5.78 Å². The molecule has 0 saturated heterocycles. The molecule has 138 valence electrons. The van der Waals surface area contributed by atoms with Crippen molar-refractivity contribution < 1.29 is 30.7 Å². The SMILES string of the molecule is CCCCCCCn1cc[n+](CCCC(=O)c2ccc(F)cc2)c1.[Br-]. The maximum atomic E-state index is 12.9. The van der Waals surface area contributed by atoms with Gasteiger partial charge < -0.3 is 17.0 Å². The fourth-order valence-electron chi connectivity index (χ4n) is 2.80. The van der Waals surface area contributed by atoms with Crippen molar-refractivity contribution in [1.82, 2.24) is 4.57 Å².